The number of nitrogens with one attached hydrogen (secondary N) is 1. The highest BCUT2D eigenvalue weighted by atomic mass is 16.5. The highest BCUT2D eigenvalue weighted by Crippen LogP contribution is 2.33. The summed E-state index contributed by atoms with van der Waals surface area (Å²) in [6.07, 6.45) is 2.17. The second kappa shape index (κ2) is 5.27. The molecule has 2 rings (SSSR count). The molecule has 1 atom stereocenters. The van der Waals surface area contributed by atoms with Gasteiger partial charge in [0.2, 0.25) is 5.91 Å². The smallest absolute Gasteiger partial charge is 0.222 e. The average Bonchev–Trinajstić information content (AvgIpc) is 2.37. The molecule has 0 fully saturated rings. The van der Waals surface area contributed by atoms with E-state index in [2.05, 4.69) is 10.3 Å². The van der Waals surface area contributed by atoms with Crippen LogP contribution in [-0.2, 0) is 20.7 Å². The first-order valence-electron chi connectivity index (χ1n) is 6.03. The van der Waals surface area contributed by atoms with Gasteiger partial charge in [-0.2, -0.15) is 0 Å². The van der Waals surface area contributed by atoms with E-state index < -0.39 is 6.10 Å². The first kappa shape index (κ1) is 12.7. The van der Waals surface area contributed by atoms with E-state index in [4.69, 9.17) is 4.74 Å². The normalized spacial score (nSPS) is 18.0. The van der Waals surface area contributed by atoms with Crippen LogP contribution >= 0.6 is 0 Å². The lowest BCUT2D eigenvalue weighted by molar-refractivity contribution is -0.131. The minimum absolute atomic E-state index is 0.00977. The summed E-state index contributed by atoms with van der Waals surface area (Å²) in [5, 5.41) is 2.66. The lowest BCUT2D eigenvalue weighted by atomic mass is 9.95. The first-order valence-corrected chi connectivity index (χ1v) is 6.03. The average molecular weight is 248 g/mol. The van der Waals surface area contributed by atoms with Gasteiger partial charge >= 0.3 is 0 Å². The molecule has 18 heavy (non-hydrogen) atoms. The van der Waals surface area contributed by atoms with Crippen LogP contribution in [0, 0.1) is 0 Å². The van der Waals surface area contributed by atoms with Gasteiger partial charge in [-0.3, -0.25) is 9.59 Å². The van der Waals surface area contributed by atoms with Crippen LogP contribution in [0.3, 0.4) is 0 Å². The molecule has 1 aliphatic rings. The summed E-state index contributed by atoms with van der Waals surface area (Å²) in [7, 11) is 0. The third-order valence-electron chi connectivity index (χ3n) is 2.93. The Morgan fingerprint density at radius 2 is 2.33 bits per heavy atom. The van der Waals surface area contributed by atoms with Crippen molar-refractivity contribution in [3.05, 3.63) is 23.4 Å². The highest BCUT2D eigenvalue weighted by Gasteiger charge is 2.29. The molecule has 1 N–H and O–H groups in total. The van der Waals surface area contributed by atoms with E-state index in [1.165, 1.54) is 6.92 Å². The quantitative estimate of drug-likeness (QED) is 0.882. The Hall–Kier alpha value is -1.75. The van der Waals surface area contributed by atoms with Crippen molar-refractivity contribution in [2.75, 3.05) is 11.9 Å². The predicted octanol–water partition coefficient (Wildman–Crippen LogP) is 1.63. The van der Waals surface area contributed by atoms with Gasteiger partial charge in [0.05, 0.1) is 6.61 Å². The van der Waals surface area contributed by atoms with Crippen LogP contribution in [0.1, 0.15) is 37.5 Å². The maximum atomic E-state index is 11.9. The monoisotopic (exact) mass is 248 g/mol. The minimum atomic E-state index is -0.603. The van der Waals surface area contributed by atoms with E-state index in [0.29, 0.717) is 24.4 Å². The number of hydrogen-bond donors (Lipinski definition) is 1. The third kappa shape index (κ3) is 2.41. The number of Topliss-reactive ketones (excluding diaryl/α,β-unsaturated/α-hetero) is 1. The van der Waals surface area contributed by atoms with Crippen LogP contribution in [0.4, 0.5) is 5.82 Å². The molecular weight excluding hydrogens is 232 g/mol. The lowest BCUT2D eigenvalue weighted by Crippen LogP contribution is -2.25. The maximum absolute atomic E-state index is 11.9. The summed E-state index contributed by atoms with van der Waals surface area (Å²) in [5.74, 6) is 0.242. The van der Waals surface area contributed by atoms with Crippen LogP contribution in [0.5, 0.6) is 0 Å². The lowest BCUT2D eigenvalue weighted by Gasteiger charge is -2.26. The first-order chi connectivity index (χ1) is 8.63. The number of fused-ring (bicyclic) bond motifs is 1. The molecule has 0 aliphatic carbocycles. The largest absolute Gasteiger partial charge is 0.365 e. The second-order valence-corrected chi connectivity index (χ2v) is 4.23. The van der Waals surface area contributed by atoms with Crippen molar-refractivity contribution < 1.29 is 14.3 Å². The second-order valence-electron chi connectivity index (χ2n) is 4.23. The third-order valence-corrected chi connectivity index (χ3v) is 2.93. The Balaban J connectivity index is 2.45. The number of ketones is 1. The summed E-state index contributed by atoms with van der Waals surface area (Å²) in [4.78, 5) is 27.2. The predicted molar refractivity (Wildman–Crippen MR) is 66.2 cm³/mol. The number of pyridine rings is 1. The Kier molecular flexibility index (Phi) is 3.72. The minimum Gasteiger partial charge on any atom is -0.365 e. The van der Waals surface area contributed by atoms with E-state index in [1.807, 2.05) is 6.07 Å². The molecule has 0 spiro atoms. The Bertz CT molecular complexity index is 485. The highest BCUT2D eigenvalue weighted by molar-refractivity contribution is 5.91. The van der Waals surface area contributed by atoms with E-state index in [1.54, 1.807) is 13.1 Å². The molecule has 0 bridgehead atoms. The van der Waals surface area contributed by atoms with E-state index in [-0.39, 0.29) is 11.7 Å². The summed E-state index contributed by atoms with van der Waals surface area (Å²) in [6.45, 7) is 3.74. The topological polar surface area (TPSA) is 68.3 Å². The zero-order valence-corrected chi connectivity index (χ0v) is 10.5. The molecule has 1 aromatic heterocycles. The van der Waals surface area contributed by atoms with Crippen LogP contribution in [0.15, 0.2) is 12.3 Å². The molecule has 1 aliphatic heterocycles. The van der Waals surface area contributed by atoms with Crippen LogP contribution < -0.4 is 5.32 Å². The molecule has 5 nitrogen and oxygen atoms in total. The summed E-state index contributed by atoms with van der Waals surface area (Å²) < 4.78 is 5.54. The molecule has 0 saturated heterocycles. The van der Waals surface area contributed by atoms with E-state index >= 15 is 0 Å². The van der Waals surface area contributed by atoms with Gasteiger partial charge in [0, 0.05) is 25.1 Å². The number of carbonyl (C=O) groups excluding carboxylic acids is 2. The van der Waals surface area contributed by atoms with Crippen molar-refractivity contribution >= 4 is 17.5 Å². The number of nitrogens with zero attached hydrogens (tertiary/aromatic N) is 1. The maximum Gasteiger partial charge on any atom is 0.222 e. The van der Waals surface area contributed by atoms with Gasteiger partial charge in [0.25, 0.3) is 0 Å². The van der Waals surface area contributed by atoms with Gasteiger partial charge in [0.15, 0.2) is 5.78 Å². The molecular formula is C13H16N2O3. The Morgan fingerprint density at radius 3 is 3.00 bits per heavy atom. The molecule has 1 aromatic rings. The number of amides is 1. The van der Waals surface area contributed by atoms with E-state index in [9.17, 15) is 9.59 Å². The molecule has 1 unspecified atom stereocenters. The number of ether oxygens (including phenoxy) is 1. The summed E-state index contributed by atoms with van der Waals surface area (Å²) >= 11 is 0. The van der Waals surface area contributed by atoms with Gasteiger partial charge in [-0.15, -0.1) is 0 Å². The number of aromatic nitrogens is 1. The Morgan fingerprint density at radius 1 is 1.56 bits per heavy atom. The summed E-state index contributed by atoms with van der Waals surface area (Å²) in [6, 6.07) is 1.87. The van der Waals surface area contributed by atoms with Gasteiger partial charge in [0.1, 0.15) is 11.9 Å². The molecule has 5 heteroatoms. The standard InChI is InChI=1S/C13H16N2O3/c1-3-10(17)12-11-9(5-7-18-12)4-6-14-13(11)15-8(2)16/h4,6,12H,3,5,7H2,1-2H3,(H,14,15,16). The van der Waals surface area contributed by atoms with Crippen molar-refractivity contribution in [1.29, 1.82) is 0 Å². The summed E-state index contributed by atoms with van der Waals surface area (Å²) in [5.41, 5.74) is 1.73. The zero-order valence-electron chi connectivity index (χ0n) is 10.5. The molecule has 2 heterocycles. The number of rotatable bonds is 3. The van der Waals surface area contributed by atoms with Crippen molar-refractivity contribution in [3.63, 3.8) is 0 Å². The number of carbonyl (C=O) groups is 2. The van der Waals surface area contributed by atoms with Crippen molar-refractivity contribution in [2.45, 2.75) is 32.8 Å². The Labute approximate surface area is 106 Å². The van der Waals surface area contributed by atoms with Gasteiger partial charge in [-0.05, 0) is 18.1 Å². The number of anilines is 1. The van der Waals surface area contributed by atoms with Gasteiger partial charge in [-0.1, -0.05) is 6.92 Å². The fraction of sp³-hybridized carbons (Fsp3) is 0.462. The molecule has 1 amide bonds. The van der Waals surface area contributed by atoms with Crippen LogP contribution in [0.25, 0.3) is 0 Å². The SMILES string of the molecule is CCC(=O)C1OCCc2ccnc(NC(C)=O)c21. The fourth-order valence-electron chi connectivity index (χ4n) is 2.10. The number of hydrogen-bond acceptors (Lipinski definition) is 4. The molecule has 0 aromatic carbocycles. The van der Waals surface area contributed by atoms with Gasteiger partial charge in [-0.25, -0.2) is 4.98 Å². The van der Waals surface area contributed by atoms with E-state index in [0.717, 1.165) is 12.0 Å². The fourth-order valence-corrected chi connectivity index (χ4v) is 2.10. The van der Waals surface area contributed by atoms with Crippen molar-refractivity contribution in [2.24, 2.45) is 0 Å². The van der Waals surface area contributed by atoms with Gasteiger partial charge < -0.3 is 10.1 Å². The van der Waals surface area contributed by atoms with Crippen molar-refractivity contribution in [3.8, 4) is 0 Å². The van der Waals surface area contributed by atoms with Crippen LogP contribution in [0.2, 0.25) is 0 Å². The molecule has 96 valence electrons. The van der Waals surface area contributed by atoms with Crippen LogP contribution in [-0.4, -0.2) is 23.3 Å². The van der Waals surface area contributed by atoms with Crippen molar-refractivity contribution in [1.82, 2.24) is 4.98 Å². The molecule has 0 saturated carbocycles. The molecule has 0 radical (unpaired) electrons. The zero-order chi connectivity index (χ0) is 13.1.